The van der Waals surface area contributed by atoms with Crippen LogP contribution in [-0.2, 0) is 0 Å². The van der Waals surface area contributed by atoms with Gasteiger partial charge < -0.3 is 5.32 Å². The Morgan fingerprint density at radius 2 is 2.11 bits per heavy atom. The quantitative estimate of drug-likeness (QED) is 0.863. The van der Waals surface area contributed by atoms with E-state index in [9.17, 15) is 9.59 Å². The van der Waals surface area contributed by atoms with E-state index >= 15 is 0 Å². The smallest absolute Gasteiger partial charge is 0.284 e. The number of thiazole rings is 1. The van der Waals surface area contributed by atoms with Crippen molar-refractivity contribution in [2.75, 3.05) is 5.32 Å². The number of hydrogen-bond acceptors (Lipinski definition) is 4. The highest BCUT2D eigenvalue weighted by molar-refractivity contribution is 7.11. The average molecular weight is 260 g/mol. The molecule has 0 aliphatic heterocycles. The third-order valence-electron chi connectivity index (χ3n) is 2.34. The minimum absolute atomic E-state index is 0.0313. The van der Waals surface area contributed by atoms with Gasteiger partial charge in [0.1, 0.15) is 0 Å². The number of Topliss-reactive ketones (excluding diaryl/α,β-unsaturated/α-hetero) is 1. The Kier molecular flexibility index (Phi) is 3.53. The molecule has 18 heavy (non-hydrogen) atoms. The highest BCUT2D eigenvalue weighted by Crippen LogP contribution is 2.14. The summed E-state index contributed by atoms with van der Waals surface area (Å²) in [6, 6.07) is 6.84. The summed E-state index contributed by atoms with van der Waals surface area (Å²) in [7, 11) is 0. The lowest BCUT2D eigenvalue weighted by Gasteiger charge is -2.04. The summed E-state index contributed by atoms with van der Waals surface area (Å²) in [6.07, 6.45) is 0. The molecule has 0 aliphatic rings. The minimum Gasteiger partial charge on any atom is -0.320 e. The van der Waals surface area contributed by atoms with Gasteiger partial charge in [-0.3, -0.25) is 9.59 Å². The summed E-state index contributed by atoms with van der Waals surface area (Å²) in [4.78, 5) is 27.2. The molecule has 5 heteroatoms. The van der Waals surface area contributed by atoms with Gasteiger partial charge >= 0.3 is 0 Å². The third-order valence-corrected chi connectivity index (χ3v) is 3.30. The van der Waals surface area contributed by atoms with Crippen LogP contribution in [0.3, 0.4) is 0 Å². The van der Waals surface area contributed by atoms with Crippen molar-refractivity contribution in [2.24, 2.45) is 0 Å². The van der Waals surface area contributed by atoms with Crippen molar-refractivity contribution in [3.8, 4) is 0 Å². The van der Waals surface area contributed by atoms with Crippen LogP contribution in [0.4, 0.5) is 5.69 Å². The second-order valence-electron chi connectivity index (χ2n) is 3.89. The van der Waals surface area contributed by atoms with Gasteiger partial charge in [0.05, 0.1) is 0 Å². The number of anilines is 1. The Balaban J connectivity index is 2.16. The van der Waals surface area contributed by atoms with Crippen LogP contribution in [0.15, 0.2) is 29.6 Å². The number of ketones is 1. The van der Waals surface area contributed by atoms with E-state index in [1.54, 1.807) is 24.3 Å². The zero-order chi connectivity index (χ0) is 13.1. The largest absolute Gasteiger partial charge is 0.320 e. The Morgan fingerprint density at radius 1 is 1.33 bits per heavy atom. The molecule has 1 N–H and O–H groups in total. The molecule has 0 fully saturated rings. The number of rotatable bonds is 3. The number of hydrogen-bond donors (Lipinski definition) is 1. The number of nitrogens with one attached hydrogen (secondary N) is 1. The number of benzene rings is 1. The second-order valence-corrected chi connectivity index (χ2v) is 4.74. The number of aromatic nitrogens is 1. The van der Waals surface area contributed by atoms with E-state index in [-0.39, 0.29) is 11.7 Å². The highest BCUT2D eigenvalue weighted by atomic mass is 32.1. The zero-order valence-corrected chi connectivity index (χ0v) is 10.9. The van der Waals surface area contributed by atoms with Crippen molar-refractivity contribution in [3.63, 3.8) is 0 Å². The van der Waals surface area contributed by atoms with Crippen molar-refractivity contribution in [2.45, 2.75) is 13.8 Å². The molecule has 0 unspecified atom stereocenters. The maximum atomic E-state index is 11.9. The van der Waals surface area contributed by atoms with Gasteiger partial charge in [-0.15, -0.1) is 11.3 Å². The van der Waals surface area contributed by atoms with E-state index < -0.39 is 0 Å². The van der Waals surface area contributed by atoms with Crippen molar-refractivity contribution in [1.82, 2.24) is 4.98 Å². The molecule has 1 aromatic carbocycles. The summed E-state index contributed by atoms with van der Waals surface area (Å²) in [5, 5.41) is 4.96. The third kappa shape index (κ3) is 2.81. The highest BCUT2D eigenvalue weighted by Gasteiger charge is 2.10. The first-order chi connectivity index (χ1) is 8.56. The van der Waals surface area contributed by atoms with E-state index in [0.29, 0.717) is 16.3 Å². The average Bonchev–Trinajstić information content (AvgIpc) is 2.76. The lowest BCUT2D eigenvalue weighted by Crippen LogP contribution is -2.12. The van der Waals surface area contributed by atoms with E-state index in [0.717, 1.165) is 5.69 Å². The minimum atomic E-state index is -0.256. The molecule has 0 spiro atoms. The molecule has 0 bridgehead atoms. The van der Waals surface area contributed by atoms with Crippen LogP contribution in [-0.4, -0.2) is 16.7 Å². The molecule has 0 saturated carbocycles. The van der Waals surface area contributed by atoms with Crippen LogP contribution < -0.4 is 5.32 Å². The fraction of sp³-hybridized carbons (Fsp3) is 0.154. The number of aryl methyl sites for hydroxylation is 1. The summed E-state index contributed by atoms with van der Waals surface area (Å²) >= 11 is 1.30. The topological polar surface area (TPSA) is 59.1 Å². The van der Waals surface area contributed by atoms with E-state index in [1.165, 1.54) is 18.3 Å². The van der Waals surface area contributed by atoms with Crippen LogP contribution in [0.2, 0.25) is 0 Å². The molecule has 4 nitrogen and oxygen atoms in total. The van der Waals surface area contributed by atoms with E-state index in [4.69, 9.17) is 0 Å². The van der Waals surface area contributed by atoms with Gasteiger partial charge in [-0.1, -0.05) is 12.1 Å². The van der Waals surface area contributed by atoms with Gasteiger partial charge in [-0.05, 0) is 26.0 Å². The van der Waals surface area contributed by atoms with Gasteiger partial charge in [-0.25, -0.2) is 4.98 Å². The number of nitrogens with zero attached hydrogens (tertiary/aromatic N) is 1. The molecule has 0 radical (unpaired) electrons. The monoisotopic (exact) mass is 260 g/mol. The Labute approximate surface area is 109 Å². The summed E-state index contributed by atoms with van der Waals surface area (Å²) in [5.41, 5.74) is 1.99. The molecule has 0 saturated heterocycles. The Morgan fingerprint density at radius 3 is 2.72 bits per heavy atom. The van der Waals surface area contributed by atoms with Crippen LogP contribution in [0.25, 0.3) is 0 Å². The van der Waals surface area contributed by atoms with Gasteiger partial charge in [0.15, 0.2) is 10.8 Å². The molecule has 2 aromatic rings. The number of amides is 1. The predicted octanol–water partition coefficient (Wildman–Crippen LogP) is 2.91. The van der Waals surface area contributed by atoms with Gasteiger partial charge in [0, 0.05) is 22.3 Å². The van der Waals surface area contributed by atoms with Gasteiger partial charge in [0.25, 0.3) is 5.91 Å². The van der Waals surface area contributed by atoms with Gasteiger partial charge in [-0.2, -0.15) is 0 Å². The lowest BCUT2D eigenvalue weighted by molar-refractivity contribution is 0.101. The zero-order valence-electron chi connectivity index (χ0n) is 10.1. The molecular weight excluding hydrogens is 248 g/mol. The van der Waals surface area contributed by atoms with Crippen molar-refractivity contribution in [3.05, 3.63) is 45.9 Å². The Hall–Kier alpha value is -2.01. The second kappa shape index (κ2) is 5.10. The molecular formula is C13H12N2O2S. The molecule has 92 valence electrons. The summed E-state index contributed by atoms with van der Waals surface area (Å²) in [5.74, 6) is -0.287. The van der Waals surface area contributed by atoms with E-state index in [2.05, 4.69) is 10.3 Å². The first-order valence-corrected chi connectivity index (χ1v) is 6.28. The normalized spacial score (nSPS) is 10.1. The molecule has 2 rings (SSSR count). The number of carbonyl (C=O) groups excluding carboxylic acids is 2. The lowest BCUT2D eigenvalue weighted by atomic mass is 10.1. The fourth-order valence-corrected chi connectivity index (χ4v) is 2.15. The molecule has 1 amide bonds. The maximum absolute atomic E-state index is 11.9. The Bertz CT molecular complexity index is 605. The fourth-order valence-electron chi connectivity index (χ4n) is 1.46. The standard InChI is InChI=1S/C13H12N2O2S/c1-8-7-18-13(14-8)12(17)15-11-5-3-4-10(6-11)9(2)16/h3-7H,1-2H3,(H,15,17). The molecule has 0 atom stereocenters. The number of carbonyl (C=O) groups is 2. The molecule has 1 heterocycles. The first-order valence-electron chi connectivity index (χ1n) is 5.41. The SMILES string of the molecule is CC(=O)c1cccc(NC(=O)c2nc(C)cs2)c1. The van der Waals surface area contributed by atoms with Crippen LogP contribution >= 0.6 is 11.3 Å². The summed E-state index contributed by atoms with van der Waals surface area (Å²) in [6.45, 7) is 3.33. The van der Waals surface area contributed by atoms with Crippen LogP contribution in [0.5, 0.6) is 0 Å². The maximum Gasteiger partial charge on any atom is 0.284 e. The summed E-state index contributed by atoms with van der Waals surface area (Å²) < 4.78 is 0. The molecule has 0 aliphatic carbocycles. The van der Waals surface area contributed by atoms with Crippen molar-refractivity contribution >= 4 is 28.7 Å². The predicted molar refractivity (Wildman–Crippen MR) is 71.3 cm³/mol. The van der Waals surface area contributed by atoms with Crippen LogP contribution in [0, 0.1) is 6.92 Å². The molecule has 1 aromatic heterocycles. The van der Waals surface area contributed by atoms with Gasteiger partial charge in [0.2, 0.25) is 0 Å². The van der Waals surface area contributed by atoms with E-state index in [1.807, 2.05) is 12.3 Å². The first kappa shape index (κ1) is 12.4. The van der Waals surface area contributed by atoms with Crippen molar-refractivity contribution in [1.29, 1.82) is 0 Å². The van der Waals surface area contributed by atoms with Crippen molar-refractivity contribution < 1.29 is 9.59 Å². The van der Waals surface area contributed by atoms with Crippen LogP contribution in [0.1, 0.15) is 32.8 Å².